The summed E-state index contributed by atoms with van der Waals surface area (Å²) in [7, 11) is 0. The van der Waals surface area contributed by atoms with Crippen molar-refractivity contribution in [3.8, 4) is 6.07 Å². The van der Waals surface area contributed by atoms with Crippen LogP contribution in [0.15, 0.2) is 39.8 Å². The molecule has 0 spiro atoms. The molecule has 3 aromatic rings. The van der Waals surface area contributed by atoms with Crippen molar-refractivity contribution in [2.24, 2.45) is 0 Å². The molecule has 8 nitrogen and oxygen atoms in total. The number of nitrogens with two attached hydrogens (primary N) is 1. The molecule has 10 heteroatoms. The summed E-state index contributed by atoms with van der Waals surface area (Å²) in [5.41, 5.74) is 6.90. The van der Waals surface area contributed by atoms with Crippen molar-refractivity contribution in [2.75, 3.05) is 23.9 Å². The number of nitriles is 1. The number of carbonyl (C=O) groups is 2. The van der Waals surface area contributed by atoms with Gasteiger partial charge in [-0.2, -0.15) is 5.26 Å². The molecule has 1 aromatic carbocycles. The average molecular weight is 428 g/mol. The molecule has 2 aromatic heterocycles. The molecule has 0 radical (unpaired) electrons. The highest BCUT2D eigenvalue weighted by molar-refractivity contribution is 7.98. The van der Waals surface area contributed by atoms with Crippen LogP contribution in [0.3, 0.4) is 0 Å². The van der Waals surface area contributed by atoms with Gasteiger partial charge in [-0.05, 0) is 31.4 Å². The number of esters is 1. The van der Waals surface area contributed by atoms with Crippen LogP contribution >= 0.6 is 23.1 Å². The van der Waals surface area contributed by atoms with Crippen LogP contribution in [0.25, 0.3) is 0 Å². The number of ketones is 1. The Kier molecular flexibility index (Phi) is 6.21. The molecular weight excluding hydrogens is 412 g/mol. The summed E-state index contributed by atoms with van der Waals surface area (Å²) in [6, 6.07) is 10.8. The number of nitrogen functional groups attached to an aromatic ring is 1. The molecule has 29 heavy (non-hydrogen) atoms. The fourth-order valence-electron chi connectivity index (χ4n) is 2.44. The van der Waals surface area contributed by atoms with E-state index in [1.54, 1.807) is 18.7 Å². The number of ether oxygens (including phenoxy) is 1. The molecule has 0 aliphatic heterocycles. The van der Waals surface area contributed by atoms with Crippen molar-refractivity contribution in [3.05, 3.63) is 52.2 Å². The molecule has 0 unspecified atom stereocenters. The third-order valence-corrected chi connectivity index (χ3v) is 5.65. The lowest BCUT2D eigenvalue weighted by Crippen LogP contribution is -2.05. The minimum absolute atomic E-state index is 0.0418. The van der Waals surface area contributed by atoms with Gasteiger partial charge in [0.25, 0.3) is 0 Å². The molecule has 0 bridgehead atoms. The largest absolute Gasteiger partial charge is 0.461 e. The smallest absolute Gasteiger partial charge is 0.360 e. The first kappa shape index (κ1) is 20.4. The summed E-state index contributed by atoms with van der Waals surface area (Å²) < 4.78 is 9.81. The SMILES string of the molecule is CCOC(=O)c1cc(C(=O)c2sc(Nc3cccc(SC)c3)c(C#N)c2N)on1. The summed E-state index contributed by atoms with van der Waals surface area (Å²) in [6.45, 7) is 1.83. The van der Waals surface area contributed by atoms with Gasteiger partial charge >= 0.3 is 5.97 Å². The predicted octanol–water partition coefficient (Wildman–Crippen LogP) is 4.06. The van der Waals surface area contributed by atoms with Crippen LogP contribution in [0.2, 0.25) is 0 Å². The second-order valence-corrected chi connectivity index (χ2v) is 7.54. The van der Waals surface area contributed by atoms with Gasteiger partial charge in [0.15, 0.2) is 5.69 Å². The van der Waals surface area contributed by atoms with Crippen molar-refractivity contribution in [1.29, 1.82) is 5.26 Å². The first-order valence-electron chi connectivity index (χ1n) is 8.40. The molecule has 3 N–H and O–H groups in total. The van der Waals surface area contributed by atoms with E-state index >= 15 is 0 Å². The Labute approximate surface area is 174 Å². The highest BCUT2D eigenvalue weighted by Crippen LogP contribution is 2.38. The quantitative estimate of drug-likeness (QED) is 0.325. The normalized spacial score (nSPS) is 10.4. The molecule has 0 fully saturated rings. The number of hydrogen-bond donors (Lipinski definition) is 2. The van der Waals surface area contributed by atoms with Crippen LogP contribution in [0.5, 0.6) is 0 Å². The zero-order valence-corrected chi connectivity index (χ0v) is 17.1. The predicted molar refractivity (Wildman–Crippen MR) is 111 cm³/mol. The zero-order valence-electron chi connectivity index (χ0n) is 15.5. The summed E-state index contributed by atoms with van der Waals surface area (Å²) in [6.07, 6.45) is 1.96. The van der Waals surface area contributed by atoms with Gasteiger partial charge in [-0.1, -0.05) is 11.2 Å². The minimum atomic E-state index is -0.691. The third-order valence-electron chi connectivity index (χ3n) is 3.81. The van der Waals surface area contributed by atoms with Gasteiger partial charge in [-0.3, -0.25) is 4.79 Å². The molecule has 148 valence electrons. The maximum Gasteiger partial charge on any atom is 0.360 e. The van der Waals surface area contributed by atoms with Gasteiger partial charge in [-0.15, -0.1) is 23.1 Å². The van der Waals surface area contributed by atoms with E-state index < -0.39 is 11.8 Å². The number of aromatic nitrogens is 1. The molecular formula is C19H16N4O4S2. The molecule has 0 saturated heterocycles. The average Bonchev–Trinajstić information content (AvgIpc) is 3.33. The second kappa shape index (κ2) is 8.81. The lowest BCUT2D eigenvalue weighted by Gasteiger charge is -2.05. The Hall–Kier alpha value is -3.29. The van der Waals surface area contributed by atoms with Crippen molar-refractivity contribution in [2.45, 2.75) is 11.8 Å². The molecule has 2 heterocycles. The summed E-state index contributed by atoms with van der Waals surface area (Å²) in [4.78, 5) is 25.7. The van der Waals surface area contributed by atoms with Crippen molar-refractivity contribution >= 4 is 51.2 Å². The Morgan fingerprint density at radius 3 is 2.90 bits per heavy atom. The fourth-order valence-corrected chi connectivity index (χ4v) is 3.93. The molecule has 0 aliphatic carbocycles. The monoisotopic (exact) mass is 428 g/mol. The Bertz CT molecular complexity index is 1110. The summed E-state index contributed by atoms with van der Waals surface area (Å²) in [5.74, 6) is -1.43. The zero-order chi connectivity index (χ0) is 21.0. The first-order chi connectivity index (χ1) is 14.0. The molecule has 0 amide bonds. The van der Waals surface area contributed by atoms with E-state index in [0.29, 0.717) is 5.00 Å². The number of carbonyl (C=O) groups excluding carboxylic acids is 2. The van der Waals surface area contributed by atoms with Crippen LogP contribution < -0.4 is 11.1 Å². The van der Waals surface area contributed by atoms with E-state index in [1.807, 2.05) is 36.6 Å². The Morgan fingerprint density at radius 2 is 2.21 bits per heavy atom. The van der Waals surface area contributed by atoms with E-state index in [0.717, 1.165) is 21.9 Å². The number of nitrogens with one attached hydrogen (secondary N) is 1. The first-order valence-corrected chi connectivity index (χ1v) is 10.4. The lowest BCUT2D eigenvalue weighted by atomic mass is 10.1. The number of thioether (sulfide) groups is 1. The second-order valence-electron chi connectivity index (χ2n) is 5.64. The van der Waals surface area contributed by atoms with E-state index in [9.17, 15) is 14.9 Å². The number of anilines is 3. The number of hydrogen-bond acceptors (Lipinski definition) is 10. The fraction of sp³-hybridized carbons (Fsp3) is 0.158. The highest BCUT2D eigenvalue weighted by Gasteiger charge is 2.26. The van der Waals surface area contributed by atoms with Gasteiger partial charge in [0.2, 0.25) is 11.5 Å². The maximum absolute atomic E-state index is 12.8. The van der Waals surface area contributed by atoms with Crippen molar-refractivity contribution in [3.63, 3.8) is 0 Å². The molecule has 0 aliphatic rings. The highest BCUT2D eigenvalue weighted by atomic mass is 32.2. The van der Waals surface area contributed by atoms with E-state index in [1.165, 1.54) is 6.07 Å². The van der Waals surface area contributed by atoms with E-state index in [2.05, 4.69) is 10.5 Å². The topological polar surface area (TPSA) is 131 Å². The minimum Gasteiger partial charge on any atom is -0.461 e. The van der Waals surface area contributed by atoms with E-state index in [-0.39, 0.29) is 34.2 Å². The van der Waals surface area contributed by atoms with Gasteiger partial charge in [0.1, 0.15) is 21.5 Å². The van der Waals surface area contributed by atoms with Gasteiger partial charge in [0.05, 0.1) is 12.3 Å². The van der Waals surface area contributed by atoms with Crippen molar-refractivity contribution < 1.29 is 18.8 Å². The van der Waals surface area contributed by atoms with Gasteiger partial charge in [-0.25, -0.2) is 4.79 Å². The number of rotatable bonds is 7. The van der Waals surface area contributed by atoms with Crippen LogP contribution in [-0.4, -0.2) is 29.8 Å². The van der Waals surface area contributed by atoms with Gasteiger partial charge in [0, 0.05) is 16.6 Å². The van der Waals surface area contributed by atoms with Crippen LogP contribution in [0.4, 0.5) is 16.4 Å². The maximum atomic E-state index is 12.8. The number of thiophene rings is 1. The van der Waals surface area contributed by atoms with Crippen LogP contribution in [0.1, 0.15) is 38.4 Å². The molecule has 0 atom stereocenters. The van der Waals surface area contributed by atoms with Crippen LogP contribution in [0, 0.1) is 11.3 Å². The standard InChI is InChI=1S/C19H16N4O4S2/c1-3-26-19(25)13-8-14(27-23-13)16(24)17-15(21)12(9-20)18(29-17)22-10-5-4-6-11(7-10)28-2/h4-8,22H,3,21H2,1-2H3. The number of nitrogens with zero attached hydrogens (tertiary/aromatic N) is 2. The number of benzene rings is 1. The van der Waals surface area contributed by atoms with E-state index in [4.69, 9.17) is 15.0 Å². The molecule has 0 saturated carbocycles. The summed E-state index contributed by atoms with van der Waals surface area (Å²) >= 11 is 2.62. The Morgan fingerprint density at radius 1 is 1.41 bits per heavy atom. The lowest BCUT2D eigenvalue weighted by molar-refractivity contribution is 0.0514. The van der Waals surface area contributed by atoms with Gasteiger partial charge < -0.3 is 20.3 Å². The summed E-state index contributed by atoms with van der Waals surface area (Å²) in [5, 5.41) is 16.6. The van der Waals surface area contributed by atoms with Crippen molar-refractivity contribution in [1.82, 2.24) is 5.16 Å². The third kappa shape index (κ3) is 4.26. The van der Waals surface area contributed by atoms with Crippen LogP contribution in [-0.2, 0) is 4.74 Å². The molecule has 3 rings (SSSR count). The Balaban J connectivity index is 1.91.